The Morgan fingerprint density at radius 3 is 2.65 bits per heavy atom. The van der Waals surface area contributed by atoms with Crippen LogP contribution in [0.2, 0.25) is 5.02 Å². The van der Waals surface area contributed by atoms with Gasteiger partial charge in [-0.15, -0.1) is 0 Å². The lowest BCUT2D eigenvalue weighted by Crippen LogP contribution is -2.41. The van der Waals surface area contributed by atoms with Gasteiger partial charge in [-0.2, -0.15) is 0 Å². The number of nitrogens with one attached hydrogen (secondary N) is 1. The van der Waals surface area contributed by atoms with E-state index in [-0.39, 0.29) is 35.4 Å². The number of ether oxygens (including phenoxy) is 2. The van der Waals surface area contributed by atoms with Gasteiger partial charge >= 0.3 is 5.69 Å². The first-order valence-corrected chi connectivity index (χ1v) is 10.8. The van der Waals surface area contributed by atoms with Crippen LogP contribution in [0.25, 0.3) is 0 Å². The molecule has 2 heterocycles. The number of nitrogens with zero attached hydrogens (tertiary/aromatic N) is 2. The molecule has 10 heteroatoms. The van der Waals surface area contributed by atoms with Crippen molar-refractivity contribution < 1.29 is 14.3 Å². The average molecular weight is 451 g/mol. The Bertz CT molecular complexity index is 1080. The van der Waals surface area contributed by atoms with Gasteiger partial charge in [0.2, 0.25) is 6.79 Å². The van der Waals surface area contributed by atoms with Crippen molar-refractivity contribution in [1.29, 1.82) is 0 Å². The van der Waals surface area contributed by atoms with Gasteiger partial charge in [0.15, 0.2) is 17.2 Å². The highest BCUT2D eigenvalue weighted by Gasteiger charge is 2.28. The molecular weight excluding hydrogens is 424 g/mol. The summed E-state index contributed by atoms with van der Waals surface area (Å²) in [4.78, 5) is 42.1. The van der Waals surface area contributed by atoms with Gasteiger partial charge in [-0.25, -0.2) is 4.79 Å². The molecule has 0 radical (unpaired) electrons. The predicted octanol–water partition coefficient (Wildman–Crippen LogP) is 3.14. The fourth-order valence-corrected chi connectivity index (χ4v) is 3.72. The molecule has 0 unspecified atom stereocenters. The molecule has 1 aliphatic heterocycles. The zero-order valence-electron chi connectivity index (χ0n) is 17.7. The van der Waals surface area contributed by atoms with Gasteiger partial charge in [0.1, 0.15) is 5.82 Å². The molecule has 0 aliphatic carbocycles. The van der Waals surface area contributed by atoms with Crippen molar-refractivity contribution in [1.82, 2.24) is 9.55 Å². The maximum Gasteiger partial charge on any atom is 0.330 e. The summed E-state index contributed by atoms with van der Waals surface area (Å²) in [6.07, 6.45) is 4.00. The van der Waals surface area contributed by atoms with Gasteiger partial charge in [0.05, 0.1) is 5.02 Å². The number of H-pyrrole nitrogens is 1. The second-order valence-electron chi connectivity index (χ2n) is 7.35. The summed E-state index contributed by atoms with van der Waals surface area (Å²) < 4.78 is 12.0. The molecule has 1 aromatic heterocycles. The van der Waals surface area contributed by atoms with E-state index in [0.29, 0.717) is 30.9 Å². The van der Waals surface area contributed by atoms with Crippen LogP contribution in [0, 0.1) is 0 Å². The maximum atomic E-state index is 13.5. The number of aromatic amines is 1. The largest absolute Gasteiger partial charge is 0.454 e. The molecule has 0 spiro atoms. The number of unbranched alkanes of at least 4 members (excludes halogenated alkanes) is 3. The van der Waals surface area contributed by atoms with Gasteiger partial charge in [-0.05, 0) is 25.0 Å². The second kappa shape index (κ2) is 9.91. The summed E-state index contributed by atoms with van der Waals surface area (Å²) >= 11 is 6.25. The van der Waals surface area contributed by atoms with Crippen molar-refractivity contribution in [2.45, 2.75) is 52.5 Å². The van der Waals surface area contributed by atoms with Crippen LogP contribution in [0.1, 0.15) is 56.3 Å². The normalized spacial score (nSPS) is 12.2. The molecule has 0 atom stereocenters. The van der Waals surface area contributed by atoms with Crippen LogP contribution in [-0.4, -0.2) is 28.8 Å². The highest BCUT2D eigenvalue weighted by molar-refractivity contribution is 6.33. The van der Waals surface area contributed by atoms with E-state index < -0.39 is 17.2 Å². The standard InChI is InChI=1S/C21H27ClN4O5/c1-3-5-7-9-25(16-18(23)26(8-6-4-2)21(29)24-19(16)27)20(28)13-10-14(22)17-15(11-13)30-12-31-17/h10-11H,3-9,12,23H2,1-2H3,(H,24,27,29). The number of halogens is 1. The van der Waals surface area contributed by atoms with Gasteiger partial charge in [-0.3, -0.25) is 19.1 Å². The monoisotopic (exact) mass is 450 g/mol. The summed E-state index contributed by atoms with van der Waals surface area (Å²) in [6.45, 7) is 4.64. The number of carbonyl (C=O) groups excluding carboxylic acids is 1. The molecular formula is C21H27ClN4O5. The summed E-state index contributed by atoms with van der Waals surface area (Å²) in [7, 11) is 0. The third kappa shape index (κ3) is 4.71. The molecule has 0 saturated carbocycles. The maximum absolute atomic E-state index is 13.5. The summed E-state index contributed by atoms with van der Waals surface area (Å²) in [5.41, 5.74) is 5.15. The zero-order valence-corrected chi connectivity index (χ0v) is 18.5. The highest BCUT2D eigenvalue weighted by atomic mass is 35.5. The fourth-order valence-electron chi connectivity index (χ4n) is 3.46. The lowest BCUT2D eigenvalue weighted by atomic mass is 10.1. The Labute approximate surface area is 184 Å². The van der Waals surface area contributed by atoms with Crippen molar-refractivity contribution in [3.05, 3.63) is 43.6 Å². The van der Waals surface area contributed by atoms with Gasteiger partial charge in [0, 0.05) is 18.7 Å². The minimum atomic E-state index is -0.702. The number of hydrogen-bond acceptors (Lipinski definition) is 6. The molecule has 9 nitrogen and oxygen atoms in total. The van der Waals surface area contributed by atoms with E-state index in [1.54, 1.807) is 0 Å². The number of rotatable bonds is 9. The zero-order chi connectivity index (χ0) is 22.5. The average Bonchev–Trinajstić information content (AvgIpc) is 3.21. The van der Waals surface area contributed by atoms with Crippen LogP contribution in [0.5, 0.6) is 11.5 Å². The topological polar surface area (TPSA) is 120 Å². The Morgan fingerprint density at radius 2 is 1.94 bits per heavy atom. The number of benzene rings is 1. The first-order chi connectivity index (χ1) is 14.9. The number of amides is 1. The Balaban J connectivity index is 2.08. The van der Waals surface area contributed by atoms with E-state index in [9.17, 15) is 14.4 Å². The van der Waals surface area contributed by atoms with Crippen molar-refractivity contribution in [3.8, 4) is 11.5 Å². The number of fused-ring (bicyclic) bond motifs is 1. The van der Waals surface area contributed by atoms with Gasteiger partial charge in [-0.1, -0.05) is 44.7 Å². The minimum absolute atomic E-state index is 0.0158. The molecule has 1 aliphatic rings. The van der Waals surface area contributed by atoms with Crippen LogP contribution >= 0.6 is 11.6 Å². The fraction of sp³-hybridized carbons (Fsp3) is 0.476. The molecule has 31 heavy (non-hydrogen) atoms. The van der Waals surface area contributed by atoms with E-state index in [0.717, 1.165) is 19.3 Å². The summed E-state index contributed by atoms with van der Waals surface area (Å²) in [5, 5.41) is 0.238. The van der Waals surface area contributed by atoms with Crippen LogP contribution in [-0.2, 0) is 6.54 Å². The Kier molecular flexibility index (Phi) is 7.27. The summed E-state index contributed by atoms with van der Waals surface area (Å²) in [5.74, 6) is 0.244. The molecule has 3 N–H and O–H groups in total. The van der Waals surface area contributed by atoms with E-state index in [1.807, 2.05) is 13.8 Å². The smallest absolute Gasteiger partial charge is 0.330 e. The number of nitrogen functional groups attached to an aromatic ring is 1. The van der Waals surface area contributed by atoms with E-state index >= 15 is 0 Å². The molecule has 168 valence electrons. The quantitative estimate of drug-likeness (QED) is 0.566. The van der Waals surface area contributed by atoms with E-state index in [1.165, 1.54) is 21.6 Å². The molecule has 0 bridgehead atoms. The van der Waals surface area contributed by atoms with Crippen LogP contribution in [0.15, 0.2) is 21.7 Å². The van der Waals surface area contributed by atoms with E-state index in [4.69, 9.17) is 26.8 Å². The number of carbonyl (C=O) groups is 1. The third-order valence-corrected chi connectivity index (χ3v) is 5.40. The molecule has 0 fully saturated rings. The van der Waals surface area contributed by atoms with Crippen LogP contribution in [0.4, 0.5) is 11.5 Å². The molecule has 3 rings (SSSR count). The minimum Gasteiger partial charge on any atom is -0.454 e. The molecule has 1 aromatic carbocycles. The van der Waals surface area contributed by atoms with Crippen molar-refractivity contribution in [3.63, 3.8) is 0 Å². The Morgan fingerprint density at radius 1 is 1.19 bits per heavy atom. The molecule has 1 amide bonds. The SMILES string of the molecule is CCCCCN(C(=O)c1cc(Cl)c2c(c1)OCO2)c1c(N)n(CCCC)c(=O)[nH]c1=O. The van der Waals surface area contributed by atoms with Crippen molar-refractivity contribution >= 4 is 29.0 Å². The van der Waals surface area contributed by atoms with Gasteiger partial charge < -0.3 is 20.1 Å². The summed E-state index contributed by atoms with van der Waals surface area (Å²) in [6, 6.07) is 3.00. The second-order valence-corrected chi connectivity index (χ2v) is 7.76. The molecule has 2 aromatic rings. The van der Waals surface area contributed by atoms with E-state index in [2.05, 4.69) is 4.98 Å². The predicted molar refractivity (Wildman–Crippen MR) is 119 cm³/mol. The van der Waals surface area contributed by atoms with Gasteiger partial charge in [0.25, 0.3) is 11.5 Å². The highest BCUT2D eigenvalue weighted by Crippen LogP contribution is 2.40. The molecule has 0 saturated heterocycles. The first-order valence-electron chi connectivity index (χ1n) is 10.4. The van der Waals surface area contributed by atoms with Crippen LogP contribution in [0.3, 0.4) is 0 Å². The number of aromatic nitrogens is 2. The van der Waals surface area contributed by atoms with Crippen molar-refractivity contribution in [2.75, 3.05) is 24.0 Å². The van der Waals surface area contributed by atoms with Crippen molar-refractivity contribution in [2.24, 2.45) is 0 Å². The third-order valence-electron chi connectivity index (χ3n) is 5.12. The number of nitrogens with two attached hydrogens (primary N) is 1. The Hall–Kier alpha value is -2.94. The number of anilines is 2. The first kappa shape index (κ1) is 22.7. The van der Waals surface area contributed by atoms with Crippen LogP contribution < -0.4 is 31.4 Å². The lowest BCUT2D eigenvalue weighted by molar-refractivity contribution is 0.0985. The lowest BCUT2D eigenvalue weighted by Gasteiger charge is -2.25. The number of hydrogen-bond donors (Lipinski definition) is 2.